The molecule has 98 valence electrons. The summed E-state index contributed by atoms with van der Waals surface area (Å²) in [6, 6.07) is 12.3. The van der Waals surface area contributed by atoms with Gasteiger partial charge in [-0.2, -0.15) is 0 Å². The van der Waals surface area contributed by atoms with Crippen LogP contribution in [0.3, 0.4) is 0 Å². The molecule has 0 saturated heterocycles. The highest BCUT2D eigenvalue weighted by Crippen LogP contribution is 2.31. The molecular weight excluding hydrogens is 276 g/mol. The second-order valence-corrected chi connectivity index (χ2v) is 6.39. The number of hydrogen-bond donors (Lipinski definition) is 1. The molecule has 0 fully saturated rings. The molecule has 3 aromatic rings. The van der Waals surface area contributed by atoms with Crippen molar-refractivity contribution in [2.24, 2.45) is 0 Å². The van der Waals surface area contributed by atoms with Crippen molar-refractivity contribution in [1.29, 1.82) is 0 Å². The molecule has 0 aliphatic heterocycles. The Morgan fingerprint density at radius 3 is 2.89 bits per heavy atom. The minimum Gasteiger partial charge on any atom is -0.464 e. The maximum atomic E-state index is 5.71. The van der Waals surface area contributed by atoms with Gasteiger partial charge in [-0.25, -0.2) is 4.98 Å². The minimum absolute atomic E-state index is 0.770. The van der Waals surface area contributed by atoms with Crippen molar-refractivity contribution >= 4 is 33.3 Å². The second kappa shape index (κ2) is 5.77. The summed E-state index contributed by atoms with van der Waals surface area (Å²) in [4.78, 5) is 4.60. The van der Waals surface area contributed by atoms with Gasteiger partial charge in [0.2, 0.25) is 0 Å². The van der Waals surface area contributed by atoms with Crippen molar-refractivity contribution in [2.45, 2.75) is 16.6 Å². The molecule has 0 bridgehead atoms. The van der Waals surface area contributed by atoms with Crippen molar-refractivity contribution in [1.82, 2.24) is 10.3 Å². The number of rotatable bonds is 5. The van der Waals surface area contributed by atoms with Gasteiger partial charge < -0.3 is 9.73 Å². The van der Waals surface area contributed by atoms with Crippen LogP contribution in [0.4, 0.5) is 0 Å². The second-order valence-electron chi connectivity index (χ2n) is 4.13. The normalized spacial score (nSPS) is 11.2. The van der Waals surface area contributed by atoms with Gasteiger partial charge in [0.25, 0.3) is 0 Å². The third kappa shape index (κ3) is 3.00. The summed E-state index contributed by atoms with van der Waals surface area (Å²) in [5, 5.41) is 3.08. The maximum absolute atomic E-state index is 5.71. The minimum atomic E-state index is 0.770. The molecule has 1 N–H and O–H groups in total. The Bertz CT molecular complexity index is 642. The Kier molecular flexibility index (Phi) is 3.87. The molecule has 2 aromatic heterocycles. The Hall–Kier alpha value is -1.30. The number of hydrogen-bond acceptors (Lipinski definition) is 5. The average molecular weight is 290 g/mol. The molecule has 19 heavy (non-hydrogen) atoms. The van der Waals surface area contributed by atoms with E-state index in [4.69, 9.17) is 4.42 Å². The van der Waals surface area contributed by atoms with E-state index in [0.717, 1.165) is 33.7 Å². The number of furan rings is 1. The van der Waals surface area contributed by atoms with Gasteiger partial charge in [0, 0.05) is 0 Å². The summed E-state index contributed by atoms with van der Waals surface area (Å²) in [5.41, 5.74) is 1.07. The van der Waals surface area contributed by atoms with Gasteiger partial charge in [-0.1, -0.05) is 23.9 Å². The molecule has 2 heterocycles. The maximum Gasteiger partial charge on any atom is 0.151 e. The Morgan fingerprint density at radius 2 is 2.05 bits per heavy atom. The van der Waals surface area contributed by atoms with Crippen LogP contribution in [0.15, 0.2) is 45.2 Å². The Balaban J connectivity index is 1.67. The largest absolute Gasteiger partial charge is 0.464 e. The van der Waals surface area contributed by atoms with Gasteiger partial charge in [-0.05, 0) is 31.3 Å². The third-order valence-electron chi connectivity index (χ3n) is 2.68. The quantitative estimate of drug-likeness (QED) is 0.723. The monoisotopic (exact) mass is 290 g/mol. The van der Waals surface area contributed by atoms with E-state index in [0.29, 0.717) is 0 Å². The van der Waals surface area contributed by atoms with Crippen LogP contribution < -0.4 is 5.32 Å². The van der Waals surface area contributed by atoms with Crippen LogP contribution in [0.1, 0.15) is 11.5 Å². The molecule has 3 nitrogen and oxygen atoms in total. The van der Waals surface area contributed by atoms with Crippen molar-refractivity contribution in [3.8, 4) is 0 Å². The summed E-state index contributed by atoms with van der Waals surface area (Å²) in [5.74, 6) is 2.79. The van der Waals surface area contributed by atoms with Gasteiger partial charge in [0.15, 0.2) is 4.34 Å². The van der Waals surface area contributed by atoms with E-state index in [9.17, 15) is 0 Å². The molecule has 3 rings (SSSR count). The van der Waals surface area contributed by atoms with Crippen molar-refractivity contribution in [3.63, 3.8) is 0 Å². The predicted molar refractivity (Wildman–Crippen MR) is 80.7 cm³/mol. The van der Waals surface area contributed by atoms with Crippen LogP contribution >= 0.6 is 23.1 Å². The van der Waals surface area contributed by atoms with Crippen molar-refractivity contribution in [3.05, 3.63) is 47.9 Å². The molecule has 0 spiro atoms. The van der Waals surface area contributed by atoms with E-state index in [2.05, 4.69) is 16.4 Å². The molecule has 0 atom stereocenters. The number of para-hydroxylation sites is 1. The van der Waals surface area contributed by atoms with Gasteiger partial charge in [0.1, 0.15) is 11.5 Å². The lowest BCUT2D eigenvalue weighted by Gasteiger charge is -1.95. The van der Waals surface area contributed by atoms with Crippen molar-refractivity contribution in [2.75, 3.05) is 7.05 Å². The van der Waals surface area contributed by atoms with Gasteiger partial charge >= 0.3 is 0 Å². The predicted octanol–water partition coefficient (Wildman–Crippen LogP) is 3.90. The van der Waals surface area contributed by atoms with E-state index >= 15 is 0 Å². The fraction of sp³-hybridized carbons (Fsp3) is 0.214. The standard InChI is InChI=1S/C14H14N2OS2/c1-15-8-10-6-7-11(17-10)9-18-14-16-12-4-2-3-5-13(12)19-14/h2-7,15H,8-9H2,1H3. The molecule has 0 saturated carbocycles. The van der Waals surface area contributed by atoms with E-state index in [1.165, 1.54) is 4.70 Å². The van der Waals surface area contributed by atoms with Crippen LogP contribution in [0.5, 0.6) is 0 Å². The molecule has 1 aromatic carbocycles. The fourth-order valence-electron chi connectivity index (χ4n) is 1.81. The van der Waals surface area contributed by atoms with Crippen LogP contribution in [0.2, 0.25) is 0 Å². The van der Waals surface area contributed by atoms with E-state index in [-0.39, 0.29) is 0 Å². The zero-order valence-corrected chi connectivity index (χ0v) is 12.2. The third-order valence-corrected chi connectivity index (χ3v) is 4.88. The molecule has 5 heteroatoms. The number of aromatic nitrogens is 1. The summed E-state index contributed by atoms with van der Waals surface area (Å²) >= 11 is 3.46. The highest BCUT2D eigenvalue weighted by molar-refractivity contribution is 8.00. The van der Waals surface area contributed by atoms with Gasteiger partial charge in [0.05, 0.1) is 22.5 Å². The number of nitrogens with zero attached hydrogens (tertiary/aromatic N) is 1. The van der Waals surface area contributed by atoms with E-state index in [1.807, 2.05) is 37.4 Å². The van der Waals surface area contributed by atoms with E-state index in [1.54, 1.807) is 23.1 Å². The van der Waals surface area contributed by atoms with E-state index < -0.39 is 0 Å². The molecule has 0 radical (unpaired) electrons. The lowest BCUT2D eigenvalue weighted by atomic mass is 10.3. The Labute approximate surface area is 120 Å². The molecular formula is C14H14N2OS2. The lowest BCUT2D eigenvalue weighted by molar-refractivity contribution is 0.469. The molecule has 0 unspecified atom stereocenters. The van der Waals surface area contributed by atoms with Gasteiger partial charge in [-0.3, -0.25) is 0 Å². The van der Waals surface area contributed by atoms with Crippen LogP contribution in [0, 0.1) is 0 Å². The first kappa shape index (κ1) is 12.7. The zero-order valence-electron chi connectivity index (χ0n) is 10.6. The number of fused-ring (bicyclic) bond motifs is 1. The number of nitrogens with one attached hydrogen (secondary N) is 1. The first-order valence-electron chi connectivity index (χ1n) is 6.06. The smallest absolute Gasteiger partial charge is 0.151 e. The fourth-order valence-corrected chi connectivity index (χ4v) is 3.78. The number of thiazole rings is 1. The number of thioether (sulfide) groups is 1. The first-order chi connectivity index (χ1) is 9.35. The topological polar surface area (TPSA) is 38.1 Å². The molecule has 0 aliphatic rings. The number of benzene rings is 1. The average Bonchev–Trinajstić information content (AvgIpc) is 3.02. The molecule has 0 aliphatic carbocycles. The highest BCUT2D eigenvalue weighted by atomic mass is 32.2. The Morgan fingerprint density at radius 1 is 1.21 bits per heavy atom. The SMILES string of the molecule is CNCc1ccc(CSc2nc3ccccc3s2)o1. The van der Waals surface area contributed by atoms with Crippen LogP contribution in [-0.4, -0.2) is 12.0 Å². The lowest BCUT2D eigenvalue weighted by Crippen LogP contribution is -2.03. The van der Waals surface area contributed by atoms with Crippen LogP contribution in [0.25, 0.3) is 10.2 Å². The zero-order chi connectivity index (χ0) is 13.1. The van der Waals surface area contributed by atoms with Crippen LogP contribution in [-0.2, 0) is 12.3 Å². The summed E-state index contributed by atoms with van der Waals surface area (Å²) in [6.45, 7) is 0.770. The molecule has 0 amide bonds. The summed E-state index contributed by atoms with van der Waals surface area (Å²) < 4.78 is 8.04. The summed E-state index contributed by atoms with van der Waals surface area (Å²) in [6.07, 6.45) is 0. The summed E-state index contributed by atoms with van der Waals surface area (Å²) in [7, 11) is 1.91. The highest BCUT2D eigenvalue weighted by Gasteiger charge is 2.06. The van der Waals surface area contributed by atoms with Gasteiger partial charge in [-0.15, -0.1) is 11.3 Å². The van der Waals surface area contributed by atoms with Crippen molar-refractivity contribution < 1.29 is 4.42 Å². The first-order valence-corrected chi connectivity index (χ1v) is 7.86.